The van der Waals surface area contributed by atoms with Gasteiger partial charge >= 0.3 is 0 Å². The first-order chi connectivity index (χ1) is 5.33. The molecular weight excluding hydrogens is 202 g/mol. The van der Waals surface area contributed by atoms with Gasteiger partial charge in [-0.05, 0) is 44.7 Å². The average molecular weight is 218 g/mol. The Bertz CT molecular complexity index is 148. The highest BCUT2D eigenvalue weighted by Gasteiger charge is 2.44. The van der Waals surface area contributed by atoms with Gasteiger partial charge in [0.15, 0.2) is 0 Å². The largest absolute Gasteiger partial charge is 0.303 e. The van der Waals surface area contributed by atoms with E-state index in [1.165, 1.54) is 31.1 Å². The lowest BCUT2D eigenvalue weighted by Gasteiger charge is -2.18. The highest BCUT2D eigenvalue weighted by molar-refractivity contribution is 9.09. The van der Waals surface area contributed by atoms with Crippen molar-refractivity contribution in [2.75, 3.05) is 18.9 Å². The molecule has 1 nitrogen and oxygen atoms in total. The number of likely N-dealkylation sites (tertiary alicyclic amines) is 1. The lowest BCUT2D eigenvalue weighted by molar-refractivity contribution is 0.276. The van der Waals surface area contributed by atoms with Gasteiger partial charge in [-0.25, -0.2) is 0 Å². The summed E-state index contributed by atoms with van der Waals surface area (Å²) >= 11 is 3.57. The standard InChI is InChI=1S/C9H16BrN/c1-11-4-2-3-9(11)8-5-7(8)6-10/h7-9H,2-6H2,1H3. The molecule has 0 aromatic rings. The van der Waals surface area contributed by atoms with Crippen molar-refractivity contribution in [3.8, 4) is 0 Å². The number of hydrogen-bond donors (Lipinski definition) is 0. The molecule has 0 aromatic carbocycles. The minimum atomic E-state index is 0.928. The van der Waals surface area contributed by atoms with Gasteiger partial charge in [0.05, 0.1) is 0 Å². The van der Waals surface area contributed by atoms with Gasteiger partial charge in [0.2, 0.25) is 0 Å². The molecule has 0 amide bonds. The molecule has 2 heteroatoms. The minimum Gasteiger partial charge on any atom is -0.303 e. The molecule has 64 valence electrons. The molecule has 1 heterocycles. The summed E-state index contributed by atoms with van der Waals surface area (Å²) in [6.07, 6.45) is 4.34. The summed E-state index contributed by atoms with van der Waals surface area (Å²) in [5, 5.41) is 1.22. The summed E-state index contributed by atoms with van der Waals surface area (Å²) in [5.41, 5.74) is 0. The Kier molecular flexibility index (Phi) is 2.24. The van der Waals surface area contributed by atoms with Crippen molar-refractivity contribution in [1.82, 2.24) is 4.90 Å². The molecule has 1 aliphatic heterocycles. The lowest BCUT2D eigenvalue weighted by Crippen LogP contribution is -2.27. The van der Waals surface area contributed by atoms with Gasteiger partial charge in [0, 0.05) is 11.4 Å². The maximum Gasteiger partial charge on any atom is 0.0124 e. The van der Waals surface area contributed by atoms with Crippen molar-refractivity contribution in [2.24, 2.45) is 11.8 Å². The Balaban J connectivity index is 1.86. The molecule has 0 spiro atoms. The number of nitrogens with zero attached hydrogens (tertiary/aromatic N) is 1. The van der Waals surface area contributed by atoms with Crippen molar-refractivity contribution in [2.45, 2.75) is 25.3 Å². The van der Waals surface area contributed by atoms with Crippen LogP contribution < -0.4 is 0 Å². The zero-order valence-corrected chi connectivity index (χ0v) is 8.68. The van der Waals surface area contributed by atoms with Gasteiger partial charge in [-0.2, -0.15) is 0 Å². The number of rotatable bonds is 2. The molecule has 0 aromatic heterocycles. The van der Waals surface area contributed by atoms with Crippen molar-refractivity contribution in [1.29, 1.82) is 0 Å². The fourth-order valence-corrected chi connectivity index (χ4v) is 3.14. The van der Waals surface area contributed by atoms with E-state index in [0.717, 1.165) is 17.9 Å². The molecule has 1 saturated heterocycles. The summed E-state index contributed by atoms with van der Waals surface area (Å²) in [6.45, 7) is 1.33. The summed E-state index contributed by atoms with van der Waals surface area (Å²) in [5.74, 6) is 2.03. The van der Waals surface area contributed by atoms with Crippen molar-refractivity contribution >= 4 is 15.9 Å². The SMILES string of the molecule is CN1CCCC1C1CC1CBr. The Morgan fingerprint density at radius 3 is 2.82 bits per heavy atom. The molecule has 2 fully saturated rings. The number of hydrogen-bond acceptors (Lipinski definition) is 1. The Labute approximate surface area is 77.3 Å². The fourth-order valence-electron chi connectivity index (χ4n) is 2.40. The van der Waals surface area contributed by atoms with Gasteiger partial charge in [-0.1, -0.05) is 15.9 Å². The van der Waals surface area contributed by atoms with Crippen LogP contribution in [-0.2, 0) is 0 Å². The summed E-state index contributed by atoms with van der Waals surface area (Å²) in [4.78, 5) is 2.55. The third-order valence-corrected chi connectivity index (χ3v) is 4.08. The molecule has 3 unspecified atom stereocenters. The molecule has 1 aliphatic carbocycles. The van der Waals surface area contributed by atoms with Crippen LogP contribution >= 0.6 is 15.9 Å². The van der Waals surface area contributed by atoms with E-state index in [1.54, 1.807) is 0 Å². The zero-order chi connectivity index (χ0) is 7.84. The van der Waals surface area contributed by atoms with Gasteiger partial charge in [-0.15, -0.1) is 0 Å². The van der Waals surface area contributed by atoms with Gasteiger partial charge < -0.3 is 4.90 Å². The van der Waals surface area contributed by atoms with Crippen molar-refractivity contribution in [3.63, 3.8) is 0 Å². The van der Waals surface area contributed by atoms with Crippen LogP contribution in [0, 0.1) is 11.8 Å². The van der Waals surface area contributed by atoms with E-state index in [9.17, 15) is 0 Å². The Morgan fingerprint density at radius 2 is 2.36 bits per heavy atom. The van der Waals surface area contributed by atoms with Gasteiger partial charge in [0.1, 0.15) is 0 Å². The molecule has 1 saturated carbocycles. The van der Waals surface area contributed by atoms with Crippen LogP contribution in [0.15, 0.2) is 0 Å². The van der Waals surface area contributed by atoms with Crippen LogP contribution in [0.3, 0.4) is 0 Å². The third-order valence-electron chi connectivity index (χ3n) is 3.25. The minimum absolute atomic E-state index is 0.928. The van der Waals surface area contributed by atoms with E-state index in [0.29, 0.717) is 0 Å². The second-order valence-electron chi connectivity index (χ2n) is 4.00. The Hall–Kier alpha value is 0.440. The average Bonchev–Trinajstić information content (AvgIpc) is 2.68. The van der Waals surface area contributed by atoms with E-state index in [-0.39, 0.29) is 0 Å². The van der Waals surface area contributed by atoms with Crippen LogP contribution in [-0.4, -0.2) is 29.9 Å². The summed E-state index contributed by atoms with van der Waals surface area (Å²) in [7, 11) is 2.28. The maximum atomic E-state index is 3.57. The fraction of sp³-hybridized carbons (Fsp3) is 1.00. The molecule has 0 bridgehead atoms. The van der Waals surface area contributed by atoms with Crippen molar-refractivity contribution < 1.29 is 0 Å². The van der Waals surface area contributed by atoms with Crippen LogP contribution in [0.4, 0.5) is 0 Å². The smallest absolute Gasteiger partial charge is 0.0124 e. The number of halogens is 1. The quantitative estimate of drug-likeness (QED) is 0.641. The van der Waals surface area contributed by atoms with E-state index >= 15 is 0 Å². The second kappa shape index (κ2) is 3.06. The van der Waals surface area contributed by atoms with Crippen LogP contribution in [0.1, 0.15) is 19.3 Å². The molecule has 2 rings (SSSR count). The van der Waals surface area contributed by atoms with Gasteiger partial charge in [-0.3, -0.25) is 0 Å². The first-order valence-corrected chi connectivity index (χ1v) is 5.71. The van der Waals surface area contributed by atoms with E-state index in [4.69, 9.17) is 0 Å². The van der Waals surface area contributed by atoms with Crippen LogP contribution in [0.25, 0.3) is 0 Å². The van der Waals surface area contributed by atoms with E-state index < -0.39 is 0 Å². The second-order valence-corrected chi connectivity index (χ2v) is 4.65. The summed E-state index contributed by atoms with van der Waals surface area (Å²) in [6, 6.07) is 0.928. The monoisotopic (exact) mass is 217 g/mol. The van der Waals surface area contributed by atoms with Gasteiger partial charge in [0.25, 0.3) is 0 Å². The molecule has 0 radical (unpaired) electrons. The van der Waals surface area contributed by atoms with E-state index in [2.05, 4.69) is 27.9 Å². The first-order valence-electron chi connectivity index (χ1n) is 4.59. The number of alkyl halides is 1. The molecule has 0 N–H and O–H groups in total. The summed E-state index contributed by atoms with van der Waals surface area (Å²) < 4.78 is 0. The molecular formula is C9H16BrN. The van der Waals surface area contributed by atoms with Crippen LogP contribution in [0.2, 0.25) is 0 Å². The maximum absolute atomic E-state index is 3.57. The first kappa shape index (κ1) is 8.06. The normalized spacial score (nSPS) is 44.7. The third kappa shape index (κ3) is 1.48. The van der Waals surface area contributed by atoms with E-state index in [1.807, 2.05) is 0 Å². The topological polar surface area (TPSA) is 3.24 Å². The van der Waals surface area contributed by atoms with Crippen molar-refractivity contribution in [3.05, 3.63) is 0 Å². The molecule has 3 atom stereocenters. The predicted molar refractivity (Wildman–Crippen MR) is 51.0 cm³/mol. The highest BCUT2D eigenvalue weighted by atomic mass is 79.9. The van der Waals surface area contributed by atoms with Crippen LogP contribution in [0.5, 0.6) is 0 Å². The predicted octanol–water partition coefficient (Wildman–Crippen LogP) is 2.11. The Morgan fingerprint density at radius 1 is 1.55 bits per heavy atom. The molecule has 2 aliphatic rings. The molecule has 11 heavy (non-hydrogen) atoms. The lowest BCUT2D eigenvalue weighted by atomic mass is 10.1. The highest BCUT2D eigenvalue weighted by Crippen LogP contribution is 2.46. The zero-order valence-electron chi connectivity index (χ0n) is 7.09.